The number of nitrogens with zero attached hydrogens (tertiary/aromatic N) is 3. The topological polar surface area (TPSA) is 46.9 Å². The molecule has 0 aliphatic carbocycles. The van der Waals surface area contributed by atoms with Gasteiger partial charge < -0.3 is 14.0 Å². The fourth-order valence-corrected chi connectivity index (χ4v) is 7.24. The molecule has 2 atom stereocenters. The van der Waals surface area contributed by atoms with Crippen LogP contribution in [0.15, 0.2) is 72.9 Å². The Bertz CT molecular complexity index is 1510. The zero-order chi connectivity index (χ0) is 27.9. The molecule has 3 heterocycles. The molecule has 2 aliphatic heterocycles. The maximum absolute atomic E-state index is 12.2. The molecule has 0 N–H and O–H groups in total. The number of esters is 1. The lowest BCUT2D eigenvalue weighted by molar-refractivity contribution is -0.0630. The third-order valence-corrected chi connectivity index (χ3v) is 9.30. The number of aromatic nitrogens is 1. The number of hydrogen-bond donors (Lipinski definition) is 0. The highest BCUT2D eigenvalue weighted by molar-refractivity contribution is 5.89. The summed E-state index contributed by atoms with van der Waals surface area (Å²) >= 11 is 0. The molecule has 40 heavy (non-hydrogen) atoms. The molecule has 6 nitrogen and oxygen atoms in total. The molecule has 0 amide bonds. The predicted molar refractivity (Wildman–Crippen MR) is 159 cm³/mol. The number of carbonyl (C=O) groups is 1. The summed E-state index contributed by atoms with van der Waals surface area (Å²) in [5.41, 5.74) is 6.86. The normalized spacial score (nSPS) is 21.4. The summed E-state index contributed by atoms with van der Waals surface area (Å²) in [4.78, 5) is 17.6. The molecule has 4 aromatic rings. The monoisotopic (exact) mass is 537 g/mol. The summed E-state index contributed by atoms with van der Waals surface area (Å²) in [6, 6.07) is 23.9. The van der Waals surface area contributed by atoms with Gasteiger partial charge in [-0.25, -0.2) is 4.79 Å². The average Bonchev–Trinajstić information content (AvgIpc) is 3.39. The van der Waals surface area contributed by atoms with Crippen molar-refractivity contribution in [2.45, 2.75) is 50.9 Å². The van der Waals surface area contributed by atoms with Gasteiger partial charge in [-0.15, -0.1) is 0 Å². The summed E-state index contributed by atoms with van der Waals surface area (Å²) in [7, 11) is 5.33. The van der Waals surface area contributed by atoms with E-state index in [1.807, 2.05) is 12.1 Å². The predicted octanol–water partition coefficient (Wildman–Crippen LogP) is 6.05. The largest absolute Gasteiger partial charge is 0.496 e. The van der Waals surface area contributed by atoms with Crippen LogP contribution in [0, 0.1) is 6.92 Å². The highest BCUT2D eigenvalue weighted by Crippen LogP contribution is 2.47. The Morgan fingerprint density at radius 1 is 1.00 bits per heavy atom. The van der Waals surface area contributed by atoms with E-state index in [4.69, 9.17) is 9.47 Å². The van der Waals surface area contributed by atoms with E-state index in [0.29, 0.717) is 11.6 Å². The smallest absolute Gasteiger partial charge is 0.337 e. The van der Waals surface area contributed by atoms with Crippen molar-refractivity contribution in [1.29, 1.82) is 0 Å². The zero-order valence-corrected chi connectivity index (χ0v) is 24.0. The van der Waals surface area contributed by atoms with Crippen molar-refractivity contribution >= 4 is 16.9 Å². The first-order chi connectivity index (χ1) is 19.4. The first kappa shape index (κ1) is 26.6. The van der Waals surface area contributed by atoms with Crippen LogP contribution in [0.1, 0.15) is 51.9 Å². The number of methoxy groups -OCH3 is 2. The molecule has 2 saturated heterocycles. The Morgan fingerprint density at radius 2 is 1.77 bits per heavy atom. The number of piperidine rings is 2. The van der Waals surface area contributed by atoms with Gasteiger partial charge >= 0.3 is 5.97 Å². The maximum Gasteiger partial charge on any atom is 0.337 e. The molecule has 2 unspecified atom stereocenters. The van der Waals surface area contributed by atoms with Gasteiger partial charge in [0.05, 0.1) is 25.3 Å². The van der Waals surface area contributed by atoms with Crippen LogP contribution in [0.5, 0.6) is 5.75 Å². The molecule has 3 aromatic carbocycles. The second-order valence-electron chi connectivity index (χ2n) is 11.4. The second-order valence-corrected chi connectivity index (χ2v) is 11.4. The van der Waals surface area contributed by atoms with E-state index < -0.39 is 0 Å². The van der Waals surface area contributed by atoms with E-state index in [0.717, 1.165) is 51.2 Å². The number of aryl methyl sites for hydroxylation is 2. The third-order valence-electron chi connectivity index (χ3n) is 9.30. The van der Waals surface area contributed by atoms with Crippen LogP contribution in [0.25, 0.3) is 10.9 Å². The maximum atomic E-state index is 12.2. The standard InChI is InChI=1S/C34H39N3O3/c1-24-20-31(39-3)30(29-15-17-35(2)32(24)29)23-37-18-14-28-21-34(37,27-12-10-26(11-13-27)33(38)40-4)16-19-36(28)22-25-8-6-5-7-9-25/h5-13,15,17,20,28H,14,16,18-19,21-23H2,1-4H3. The van der Waals surface area contributed by atoms with E-state index >= 15 is 0 Å². The molecular weight excluding hydrogens is 498 g/mol. The number of ether oxygens (including phenoxy) is 2. The molecule has 0 saturated carbocycles. The Morgan fingerprint density at radius 3 is 2.50 bits per heavy atom. The van der Waals surface area contributed by atoms with Crippen molar-refractivity contribution in [2.75, 3.05) is 27.3 Å². The molecule has 0 radical (unpaired) electrons. The van der Waals surface area contributed by atoms with E-state index in [9.17, 15) is 4.79 Å². The lowest BCUT2D eigenvalue weighted by atomic mass is 9.72. The molecule has 6 rings (SSSR count). The minimum atomic E-state index is -0.295. The van der Waals surface area contributed by atoms with Crippen LogP contribution in [0.3, 0.4) is 0 Å². The van der Waals surface area contributed by atoms with Gasteiger partial charge in [-0.05, 0) is 67.1 Å². The lowest BCUT2D eigenvalue weighted by Crippen LogP contribution is -2.61. The quantitative estimate of drug-likeness (QED) is 0.269. The molecule has 2 fully saturated rings. The average molecular weight is 538 g/mol. The van der Waals surface area contributed by atoms with Crippen molar-refractivity contribution in [2.24, 2.45) is 7.05 Å². The fraction of sp³-hybridized carbons (Fsp3) is 0.382. The Kier molecular flexibility index (Phi) is 7.15. The van der Waals surface area contributed by atoms with Crippen LogP contribution in [-0.2, 0) is 30.4 Å². The summed E-state index contributed by atoms with van der Waals surface area (Å²) in [5.74, 6) is 0.659. The number of hydrogen-bond acceptors (Lipinski definition) is 5. The molecule has 2 aliphatic rings. The molecule has 2 bridgehead atoms. The molecular formula is C34H39N3O3. The highest BCUT2D eigenvalue weighted by atomic mass is 16.5. The molecule has 6 heteroatoms. The van der Waals surface area contributed by atoms with Gasteiger partial charge in [-0.1, -0.05) is 42.5 Å². The molecule has 0 spiro atoms. The SMILES string of the molecule is COC(=O)c1ccc(C23CCN(Cc4ccccc4)C(CCN2Cc2c(OC)cc(C)c4c2ccn4C)C3)cc1. The van der Waals surface area contributed by atoms with Gasteiger partial charge in [0.2, 0.25) is 0 Å². The number of likely N-dealkylation sites (tertiary alicyclic amines) is 2. The number of rotatable bonds is 7. The minimum Gasteiger partial charge on any atom is -0.496 e. The van der Waals surface area contributed by atoms with Gasteiger partial charge in [0.25, 0.3) is 0 Å². The summed E-state index contributed by atoms with van der Waals surface area (Å²) < 4.78 is 13.2. The van der Waals surface area contributed by atoms with Crippen LogP contribution < -0.4 is 4.74 Å². The summed E-state index contributed by atoms with van der Waals surface area (Å²) in [6.45, 7) is 5.99. The summed E-state index contributed by atoms with van der Waals surface area (Å²) in [5, 5.41) is 1.26. The van der Waals surface area contributed by atoms with Gasteiger partial charge in [-0.3, -0.25) is 9.80 Å². The number of carbonyl (C=O) groups excluding carboxylic acids is 1. The second kappa shape index (κ2) is 10.8. The minimum absolute atomic E-state index is 0.123. The van der Waals surface area contributed by atoms with Crippen LogP contribution >= 0.6 is 0 Å². The first-order valence-corrected chi connectivity index (χ1v) is 14.3. The van der Waals surface area contributed by atoms with Gasteiger partial charge in [0.1, 0.15) is 5.75 Å². The van der Waals surface area contributed by atoms with E-state index in [1.54, 1.807) is 7.11 Å². The van der Waals surface area contributed by atoms with Crippen molar-refractivity contribution in [3.63, 3.8) is 0 Å². The summed E-state index contributed by atoms with van der Waals surface area (Å²) in [6.07, 6.45) is 5.36. The van der Waals surface area contributed by atoms with Gasteiger partial charge in [0, 0.05) is 62.0 Å². The van der Waals surface area contributed by atoms with E-state index in [1.165, 1.54) is 40.3 Å². The van der Waals surface area contributed by atoms with Crippen molar-refractivity contribution in [3.8, 4) is 5.75 Å². The van der Waals surface area contributed by atoms with Crippen LogP contribution in [0.4, 0.5) is 0 Å². The number of benzene rings is 3. The first-order valence-electron chi connectivity index (χ1n) is 14.3. The Hall–Kier alpha value is -3.61. The molecule has 1 aromatic heterocycles. The highest BCUT2D eigenvalue weighted by Gasteiger charge is 2.48. The fourth-order valence-electron chi connectivity index (χ4n) is 7.24. The van der Waals surface area contributed by atoms with Gasteiger partial charge in [-0.2, -0.15) is 0 Å². The van der Waals surface area contributed by atoms with Crippen molar-refractivity contribution in [1.82, 2.24) is 14.4 Å². The zero-order valence-electron chi connectivity index (χ0n) is 24.0. The van der Waals surface area contributed by atoms with Gasteiger partial charge in [0.15, 0.2) is 0 Å². The Labute approximate surface area is 237 Å². The molecule has 208 valence electrons. The third kappa shape index (κ3) is 4.59. The van der Waals surface area contributed by atoms with Crippen LogP contribution in [0.2, 0.25) is 0 Å². The van der Waals surface area contributed by atoms with Crippen molar-refractivity contribution < 1.29 is 14.3 Å². The van der Waals surface area contributed by atoms with E-state index in [2.05, 4.69) is 89.1 Å². The van der Waals surface area contributed by atoms with Crippen molar-refractivity contribution in [3.05, 3.63) is 101 Å². The number of fused-ring (bicyclic) bond motifs is 3. The van der Waals surface area contributed by atoms with Crippen LogP contribution in [-0.4, -0.2) is 53.7 Å². The lowest BCUT2D eigenvalue weighted by Gasteiger charge is -2.57. The van der Waals surface area contributed by atoms with E-state index in [-0.39, 0.29) is 11.5 Å². The Balaban J connectivity index is 1.38.